The van der Waals surface area contributed by atoms with Crippen LogP contribution in [0, 0.1) is 0 Å². The van der Waals surface area contributed by atoms with Gasteiger partial charge in [0.1, 0.15) is 22.3 Å². The molecule has 35 heavy (non-hydrogen) atoms. The molecule has 0 atom stereocenters. The summed E-state index contributed by atoms with van der Waals surface area (Å²) in [6.07, 6.45) is 0. The Kier molecular flexibility index (Phi) is 3.83. The van der Waals surface area contributed by atoms with Crippen LogP contribution >= 0.6 is 15.9 Å². The molecule has 0 unspecified atom stereocenters. The highest BCUT2D eigenvalue weighted by atomic mass is 79.9. The molecule has 2 aromatic heterocycles. The van der Waals surface area contributed by atoms with Crippen molar-refractivity contribution >= 4 is 81.4 Å². The number of furan rings is 2. The van der Waals surface area contributed by atoms with Crippen molar-refractivity contribution < 1.29 is 8.83 Å². The molecule has 3 heteroatoms. The van der Waals surface area contributed by atoms with Crippen molar-refractivity contribution in [1.82, 2.24) is 0 Å². The molecule has 8 aromatic rings. The number of hydrogen-bond acceptors (Lipinski definition) is 2. The fourth-order valence-corrected chi connectivity index (χ4v) is 6.23. The minimum atomic E-state index is 0.877. The average molecular weight is 513 g/mol. The SMILES string of the molecule is Brc1c2ccccc2c(-c2ccc3oc4cc5c(cc4c3c2)oc2ccccc25)c2ccccc12. The first kappa shape index (κ1) is 19.2. The molecule has 0 saturated carbocycles. The van der Waals surface area contributed by atoms with Gasteiger partial charge in [0.05, 0.1) is 0 Å². The van der Waals surface area contributed by atoms with Crippen molar-refractivity contribution in [3.8, 4) is 11.1 Å². The Morgan fingerprint density at radius 3 is 1.54 bits per heavy atom. The van der Waals surface area contributed by atoms with Crippen molar-refractivity contribution in [2.75, 3.05) is 0 Å². The Hall–Kier alpha value is -4.08. The molecule has 0 bridgehead atoms. The molecule has 0 aliphatic carbocycles. The molecule has 2 nitrogen and oxygen atoms in total. The summed E-state index contributed by atoms with van der Waals surface area (Å²) in [4.78, 5) is 0. The van der Waals surface area contributed by atoms with Gasteiger partial charge >= 0.3 is 0 Å². The summed E-state index contributed by atoms with van der Waals surface area (Å²) in [6.45, 7) is 0. The quantitative estimate of drug-likeness (QED) is 0.204. The van der Waals surface area contributed by atoms with E-state index in [9.17, 15) is 0 Å². The van der Waals surface area contributed by atoms with Gasteiger partial charge in [-0.25, -0.2) is 0 Å². The van der Waals surface area contributed by atoms with Gasteiger partial charge in [0, 0.05) is 26.0 Å². The fraction of sp³-hybridized carbons (Fsp3) is 0. The van der Waals surface area contributed by atoms with Crippen LogP contribution in [0.15, 0.2) is 116 Å². The topological polar surface area (TPSA) is 26.3 Å². The Balaban J connectivity index is 1.47. The predicted octanol–water partition coefficient (Wildman–Crippen LogP) is 10.2. The third kappa shape index (κ3) is 2.64. The van der Waals surface area contributed by atoms with Gasteiger partial charge in [-0.05, 0) is 78.9 Å². The Bertz CT molecular complexity index is 2070. The van der Waals surface area contributed by atoms with Crippen LogP contribution in [-0.2, 0) is 0 Å². The Morgan fingerprint density at radius 1 is 0.400 bits per heavy atom. The third-order valence-electron chi connectivity index (χ3n) is 7.12. The van der Waals surface area contributed by atoms with Gasteiger partial charge in [0.2, 0.25) is 0 Å². The van der Waals surface area contributed by atoms with Crippen molar-refractivity contribution in [2.45, 2.75) is 0 Å². The summed E-state index contributed by atoms with van der Waals surface area (Å²) in [7, 11) is 0. The summed E-state index contributed by atoms with van der Waals surface area (Å²) in [5, 5.41) is 9.23. The van der Waals surface area contributed by atoms with Crippen molar-refractivity contribution in [1.29, 1.82) is 0 Å². The van der Waals surface area contributed by atoms with Crippen LogP contribution in [0.25, 0.3) is 76.5 Å². The van der Waals surface area contributed by atoms with Crippen LogP contribution in [0.2, 0.25) is 0 Å². The maximum absolute atomic E-state index is 6.31. The van der Waals surface area contributed by atoms with Crippen LogP contribution < -0.4 is 0 Å². The highest BCUT2D eigenvalue weighted by Gasteiger charge is 2.17. The number of rotatable bonds is 1. The zero-order valence-corrected chi connectivity index (χ0v) is 20.1. The third-order valence-corrected chi connectivity index (χ3v) is 7.98. The van der Waals surface area contributed by atoms with Crippen LogP contribution in [0.4, 0.5) is 0 Å². The van der Waals surface area contributed by atoms with E-state index < -0.39 is 0 Å². The molecule has 164 valence electrons. The van der Waals surface area contributed by atoms with Crippen LogP contribution in [-0.4, -0.2) is 0 Å². The van der Waals surface area contributed by atoms with Gasteiger partial charge in [-0.15, -0.1) is 0 Å². The fourth-order valence-electron chi connectivity index (χ4n) is 5.54. The van der Waals surface area contributed by atoms with Gasteiger partial charge in [0.15, 0.2) is 0 Å². The van der Waals surface area contributed by atoms with E-state index >= 15 is 0 Å². The number of fused-ring (bicyclic) bond motifs is 8. The van der Waals surface area contributed by atoms with Gasteiger partial charge in [-0.2, -0.15) is 0 Å². The largest absolute Gasteiger partial charge is 0.456 e. The van der Waals surface area contributed by atoms with Crippen LogP contribution in [0.1, 0.15) is 0 Å². The molecule has 0 N–H and O–H groups in total. The molecule has 8 rings (SSSR count). The number of halogens is 1. The van der Waals surface area contributed by atoms with Crippen LogP contribution in [0.3, 0.4) is 0 Å². The molecule has 0 aliphatic heterocycles. The van der Waals surface area contributed by atoms with Crippen LogP contribution in [0.5, 0.6) is 0 Å². The van der Waals surface area contributed by atoms with E-state index in [-0.39, 0.29) is 0 Å². The normalized spacial score (nSPS) is 12.1. The van der Waals surface area contributed by atoms with E-state index in [0.29, 0.717) is 0 Å². The summed E-state index contributed by atoms with van der Waals surface area (Å²) in [5.41, 5.74) is 5.94. The number of para-hydroxylation sites is 1. The molecule has 0 amide bonds. The first-order chi connectivity index (χ1) is 17.3. The molecule has 0 radical (unpaired) electrons. The Labute approximate surface area is 208 Å². The highest BCUT2D eigenvalue weighted by molar-refractivity contribution is 9.10. The lowest BCUT2D eigenvalue weighted by Gasteiger charge is -2.14. The van der Waals surface area contributed by atoms with Crippen molar-refractivity contribution in [3.05, 3.63) is 108 Å². The Morgan fingerprint density at radius 2 is 0.886 bits per heavy atom. The molecule has 0 aliphatic rings. The van der Waals surface area contributed by atoms with E-state index in [1.54, 1.807) is 0 Å². The number of hydrogen-bond donors (Lipinski definition) is 0. The molecular weight excluding hydrogens is 496 g/mol. The minimum Gasteiger partial charge on any atom is -0.456 e. The van der Waals surface area contributed by atoms with Gasteiger partial charge in [0.25, 0.3) is 0 Å². The van der Waals surface area contributed by atoms with E-state index in [2.05, 4.69) is 101 Å². The number of benzene rings is 6. The molecule has 6 aromatic carbocycles. The zero-order valence-electron chi connectivity index (χ0n) is 18.5. The summed E-state index contributed by atoms with van der Waals surface area (Å²) < 4.78 is 13.6. The first-order valence-electron chi connectivity index (χ1n) is 11.6. The lowest BCUT2D eigenvalue weighted by Crippen LogP contribution is -1.87. The van der Waals surface area contributed by atoms with E-state index in [0.717, 1.165) is 48.3 Å². The highest BCUT2D eigenvalue weighted by Crippen LogP contribution is 2.43. The first-order valence-corrected chi connectivity index (χ1v) is 12.4. The lowest BCUT2D eigenvalue weighted by molar-refractivity contribution is 0.664. The average Bonchev–Trinajstić information content (AvgIpc) is 3.44. The second kappa shape index (κ2) is 6.97. The second-order valence-corrected chi connectivity index (χ2v) is 9.83. The molecular formula is C32H17BrO2. The van der Waals surface area contributed by atoms with E-state index in [1.807, 2.05) is 18.2 Å². The van der Waals surface area contributed by atoms with E-state index in [1.165, 1.54) is 32.7 Å². The van der Waals surface area contributed by atoms with Gasteiger partial charge in [-0.1, -0.05) is 72.8 Å². The van der Waals surface area contributed by atoms with Gasteiger partial charge < -0.3 is 8.83 Å². The summed E-state index contributed by atoms with van der Waals surface area (Å²) >= 11 is 3.87. The maximum Gasteiger partial charge on any atom is 0.136 e. The maximum atomic E-state index is 6.31. The zero-order chi connectivity index (χ0) is 23.1. The molecule has 0 saturated heterocycles. The van der Waals surface area contributed by atoms with Gasteiger partial charge in [-0.3, -0.25) is 0 Å². The van der Waals surface area contributed by atoms with E-state index in [4.69, 9.17) is 8.83 Å². The smallest absolute Gasteiger partial charge is 0.136 e. The summed E-state index contributed by atoms with van der Waals surface area (Å²) in [5.74, 6) is 0. The molecule has 0 fully saturated rings. The second-order valence-electron chi connectivity index (χ2n) is 9.04. The monoisotopic (exact) mass is 512 g/mol. The van der Waals surface area contributed by atoms with Crippen molar-refractivity contribution in [3.63, 3.8) is 0 Å². The summed E-state index contributed by atoms with van der Waals surface area (Å²) in [6, 6.07) is 36.1. The van der Waals surface area contributed by atoms with Crippen molar-refractivity contribution in [2.24, 2.45) is 0 Å². The molecule has 2 heterocycles. The predicted molar refractivity (Wildman–Crippen MR) is 149 cm³/mol. The molecule has 0 spiro atoms. The standard InChI is InChI=1S/C32H17BrO2/c33-32-22-10-3-1-8-20(22)31(21-9-2-4-11-23(21)32)18-13-14-28-24(15-18)26-17-29-25(16-30(26)35-28)19-7-5-6-12-27(19)34-29/h1-17H. The minimum absolute atomic E-state index is 0.877. The lowest BCUT2D eigenvalue weighted by atomic mass is 9.91.